The number of carbonyl (C=O) groups excluding carboxylic acids is 1. The fourth-order valence-corrected chi connectivity index (χ4v) is 2.02. The van der Waals surface area contributed by atoms with E-state index in [4.69, 9.17) is 4.74 Å². The highest BCUT2D eigenvalue weighted by Crippen LogP contribution is 2.28. The summed E-state index contributed by atoms with van der Waals surface area (Å²) in [5.74, 6) is -0.797. The van der Waals surface area contributed by atoms with Gasteiger partial charge in [0.05, 0.1) is 5.56 Å². The average molecular weight is 390 g/mol. The van der Waals surface area contributed by atoms with Gasteiger partial charge in [-0.05, 0) is 23.8 Å². The molecule has 0 saturated carbocycles. The van der Waals surface area contributed by atoms with Gasteiger partial charge in [0.25, 0.3) is 5.56 Å². The minimum absolute atomic E-state index is 0.0280. The number of benzene rings is 1. The fraction of sp³-hybridized carbons (Fsp3) is 0.200. The number of pyridine rings is 1. The first kappa shape index (κ1) is 17.3. The highest BCUT2D eigenvalue weighted by atomic mass is 79.9. The third kappa shape index (κ3) is 4.95. The Hall–Kier alpha value is -2.09. The maximum atomic E-state index is 12.6. The van der Waals surface area contributed by atoms with Crippen LogP contribution in [0.2, 0.25) is 0 Å². The summed E-state index contributed by atoms with van der Waals surface area (Å²) in [6.07, 6.45) is -3.99. The van der Waals surface area contributed by atoms with Gasteiger partial charge in [0.2, 0.25) is 0 Å². The zero-order valence-electron chi connectivity index (χ0n) is 11.6. The van der Waals surface area contributed by atoms with E-state index in [1.807, 2.05) is 0 Å². The smallest absolute Gasteiger partial charge is 0.417 e. The van der Waals surface area contributed by atoms with Crippen LogP contribution >= 0.6 is 15.9 Å². The van der Waals surface area contributed by atoms with Gasteiger partial charge in [-0.2, -0.15) is 13.2 Å². The van der Waals surface area contributed by atoms with Crippen LogP contribution in [0, 0.1) is 0 Å². The topological polar surface area (TPSA) is 48.3 Å². The molecule has 122 valence electrons. The lowest BCUT2D eigenvalue weighted by Crippen LogP contribution is -2.26. The van der Waals surface area contributed by atoms with Gasteiger partial charge in [-0.1, -0.05) is 28.1 Å². The predicted octanol–water partition coefficient (Wildman–Crippen LogP) is 3.37. The van der Waals surface area contributed by atoms with E-state index in [9.17, 15) is 22.8 Å². The summed E-state index contributed by atoms with van der Waals surface area (Å²) in [6.45, 7) is -0.612. The van der Waals surface area contributed by atoms with E-state index in [0.29, 0.717) is 16.8 Å². The summed E-state index contributed by atoms with van der Waals surface area (Å²) < 4.78 is 44.3. The minimum Gasteiger partial charge on any atom is -0.459 e. The third-order valence-electron chi connectivity index (χ3n) is 2.92. The van der Waals surface area contributed by atoms with E-state index >= 15 is 0 Å². The van der Waals surface area contributed by atoms with E-state index in [-0.39, 0.29) is 6.61 Å². The van der Waals surface area contributed by atoms with Gasteiger partial charge >= 0.3 is 12.1 Å². The lowest BCUT2D eigenvalue weighted by atomic mass is 10.2. The van der Waals surface area contributed by atoms with Crippen molar-refractivity contribution < 1.29 is 22.7 Å². The highest BCUT2D eigenvalue weighted by molar-refractivity contribution is 9.10. The molecule has 2 aromatic rings. The van der Waals surface area contributed by atoms with Crippen LogP contribution in [0.3, 0.4) is 0 Å². The number of halogens is 4. The summed E-state index contributed by atoms with van der Waals surface area (Å²) in [6, 6.07) is 8.43. The number of hydrogen-bond donors (Lipinski definition) is 0. The molecular formula is C15H11BrF3NO3. The van der Waals surface area contributed by atoms with Crippen molar-refractivity contribution in [2.24, 2.45) is 0 Å². The van der Waals surface area contributed by atoms with Crippen LogP contribution in [0.25, 0.3) is 0 Å². The first-order valence-electron chi connectivity index (χ1n) is 6.43. The summed E-state index contributed by atoms with van der Waals surface area (Å²) in [4.78, 5) is 23.2. The van der Waals surface area contributed by atoms with Gasteiger partial charge in [0.15, 0.2) is 0 Å². The van der Waals surface area contributed by atoms with Crippen molar-refractivity contribution >= 4 is 21.9 Å². The van der Waals surface area contributed by atoms with Crippen LogP contribution in [0.1, 0.15) is 11.1 Å². The van der Waals surface area contributed by atoms with Gasteiger partial charge in [0, 0.05) is 16.7 Å². The molecule has 0 unspecified atom stereocenters. The zero-order chi connectivity index (χ0) is 17.0. The number of hydrogen-bond acceptors (Lipinski definition) is 3. The molecule has 1 aromatic heterocycles. The SMILES string of the molecule is O=C(Cn1cc(C(F)(F)F)ccc1=O)OCc1ccc(Br)cc1. The van der Waals surface area contributed by atoms with Crippen molar-refractivity contribution in [3.8, 4) is 0 Å². The summed E-state index contributed by atoms with van der Waals surface area (Å²) >= 11 is 3.26. The van der Waals surface area contributed by atoms with Crippen LogP contribution in [0.15, 0.2) is 51.9 Å². The van der Waals surface area contributed by atoms with Crippen molar-refractivity contribution in [3.05, 3.63) is 68.5 Å². The van der Waals surface area contributed by atoms with Gasteiger partial charge in [-0.15, -0.1) is 0 Å². The number of ether oxygens (including phenoxy) is 1. The second-order valence-electron chi connectivity index (χ2n) is 4.67. The Morgan fingerprint density at radius 2 is 1.78 bits per heavy atom. The van der Waals surface area contributed by atoms with E-state index in [1.165, 1.54) is 0 Å². The number of aromatic nitrogens is 1. The molecule has 0 fully saturated rings. The molecule has 1 heterocycles. The number of rotatable bonds is 4. The van der Waals surface area contributed by atoms with Gasteiger partial charge < -0.3 is 9.30 Å². The van der Waals surface area contributed by atoms with Crippen molar-refractivity contribution in [3.63, 3.8) is 0 Å². The van der Waals surface area contributed by atoms with Crippen LogP contribution in [-0.2, 0) is 28.9 Å². The quantitative estimate of drug-likeness (QED) is 0.753. The van der Waals surface area contributed by atoms with Crippen LogP contribution < -0.4 is 5.56 Å². The molecule has 0 bridgehead atoms. The van der Waals surface area contributed by atoms with Crippen molar-refractivity contribution in [1.82, 2.24) is 4.57 Å². The lowest BCUT2D eigenvalue weighted by molar-refractivity contribution is -0.146. The molecule has 2 rings (SSSR count). The Kier molecular flexibility index (Phi) is 5.25. The molecule has 0 aliphatic rings. The maximum Gasteiger partial charge on any atom is 0.417 e. The Balaban J connectivity index is 2.02. The Bertz CT molecular complexity index is 754. The maximum absolute atomic E-state index is 12.6. The molecule has 1 aromatic carbocycles. The molecule has 0 radical (unpaired) electrons. The normalized spacial score (nSPS) is 11.3. The number of nitrogens with zero attached hydrogens (tertiary/aromatic N) is 1. The predicted molar refractivity (Wildman–Crippen MR) is 79.6 cm³/mol. The first-order chi connectivity index (χ1) is 10.8. The number of alkyl halides is 3. The van der Waals surface area contributed by atoms with E-state index < -0.39 is 29.8 Å². The third-order valence-corrected chi connectivity index (χ3v) is 3.45. The summed E-state index contributed by atoms with van der Waals surface area (Å²) in [7, 11) is 0. The van der Waals surface area contributed by atoms with Crippen LogP contribution in [0.5, 0.6) is 0 Å². The molecule has 0 saturated heterocycles. The second-order valence-corrected chi connectivity index (χ2v) is 5.58. The molecule has 8 heteroatoms. The van der Waals surface area contributed by atoms with Gasteiger partial charge in [0.1, 0.15) is 13.2 Å². The van der Waals surface area contributed by atoms with Crippen molar-refractivity contribution in [2.45, 2.75) is 19.3 Å². The van der Waals surface area contributed by atoms with Crippen LogP contribution in [-0.4, -0.2) is 10.5 Å². The summed E-state index contributed by atoms with van der Waals surface area (Å²) in [5, 5.41) is 0. The number of carbonyl (C=O) groups is 1. The summed E-state index contributed by atoms with van der Waals surface area (Å²) in [5.41, 5.74) is -0.991. The Morgan fingerprint density at radius 3 is 2.39 bits per heavy atom. The van der Waals surface area contributed by atoms with E-state index in [2.05, 4.69) is 15.9 Å². The van der Waals surface area contributed by atoms with Gasteiger partial charge in [-0.3, -0.25) is 9.59 Å². The minimum atomic E-state index is -4.59. The Labute approximate surface area is 137 Å². The molecule has 0 spiro atoms. The number of esters is 1. The Morgan fingerprint density at radius 1 is 1.13 bits per heavy atom. The lowest BCUT2D eigenvalue weighted by Gasteiger charge is -2.10. The molecule has 0 aliphatic carbocycles. The molecule has 23 heavy (non-hydrogen) atoms. The van der Waals surface area contributed by atoms with Gasteiger partial charge in [-0.25, -0.2) is 0 Å². The fourth-order valence-electron chi connectivity index (χ4n) is 1.75. The second kappa shape index (κ2) is 6.99. The van der Waals surface area contributed by atoms with Crippen molar-refractivity contribution in [2.75, 3.05) is 0 Å². The highest BCUT2D eigenvalue weighted by Gasteiger charge is 2.31. The molecule has 0 amide bonds. The van der Waals surface area contributed by atoms with E-state index in [0.717, 1.165) is 16.1 Å². The van der Waals surface area contributed by atoms with E-state index in [1.54, 1.807) is 24.3 Å². The first-order valence-corrected chi connectivity index (χ1v) is 7.23. The van der Waals surface area contributed by atoms with Crippen LogP contribution in [0.4, 0.5) is 13.2 Å². The molecule has 0 aliphatic heterocycles. The largest absolute Gasteiger partial charge is 0.459 e. The molecule has 0 atom stereocenters. The average Bonchev–Trinajstić information content (AvgIpc) is 2.48. The standard InChI is InChI=1S/C15H11BrF3NO3/c16-12-4-1-10(2-5-12)9-23-14(22)8-20-7-11(15(17,18)19)3-6-13(20)21/h1-7H,8-9H2. The van der Waals surface area contributed by atoms with Crippen molar-refractivity contribution in [1.29, 1.82) is 0 Å². The molecule has 0 N–H and O–H groups in total. The molecule has 4 nitrogen and oxygen atoms in total. The molecular weight excluding hydrogens is 379 g/mol. The monoisotopic (exact) mass is 389 g/mol. The zero-order valence-corrected chi connectivity index (χ0v) is 13.2.